The van der Waals surface area contributed by atoms with Gasteiger partial charge in [-0.25, -0.2) is 4.79 Å². The van der Waals surface area contributed by atoms with Crippen LogP contribution in [0.5, 0.6) is 0 Å². The number of carboxylic acid groups (broad SMARTS) is 1. The molecule has 2 aromatic heterocycles. The minimum absolute atomic E-state index is 0.124. The zero-order valence-corrected chi connectivity index (χ0v) is 18.5. The molecule has 0 saturated carbocycles. The largest absolute Gasteiger partial charge is 0.490 e. The minimum atomic E-state index is -5.08. The van der Waals surface area contributed by atoms with Gasteiger partial charge in [0.2, 0.25) is 0 Å². The van der Waals surface area contributed by atoms with Crippen LogP contribution in [0.25, 0.3) is 0 Å². The summed E-state index contributed by atoms with van der Waals surface area (Å²) in [6, 6.07) is 7.92. The molecule has 2 aliphatic heterocycles. The molecule has 0 radical (unpaired) electrons. The van der Waals surface area contributed by atoms with Crippen LogP contribution in [0.3, 0.4) is 0 Å². The van der Waals surface area contributed by atoms with Crippen molar-refractivity contribution < 1.29 is 32.3 Å². The van der Waals surface area contributed by atoms with Crippen molar-refractivity contribution in [2.24, 2.45) is 5.41 Å². The van der Waals surface area contributed by atoms with Crippen molar-refractivity contribution in [1.29, 1.82) is 0 Å². The van der Waals surface area contributed by atoms with Gasteiger partial charge in [0.25, 0.3) is 5.91 Å². The molecule has 0 aliphatic carbocycles. The second kappa shape index (κ2) is 10.4. The molecule has 2 saturated heterocycles. The summed E-state index contributed by atoms with van der Waals surface area (Å²) in [7, 11) is 0. The molecule has 2 aliphatic rings. The second-order valence-corrected chi connectivity index (χ2v) is 8.58. The first-order valence-electron chi connectivity index (χ1n) is 10.9. The van der Waals surface area contributed by atoms with Gasteiger partial charge in [-0.3, -0.25) is 14.7 Å². The summed E-state index contributed by atoms with van der Waals surface area (Å²) in [6.07, 6.45) is 3.08. The Kier molecular flexibility index (Phi) is 7.78. The molecule has 10 heteroatoms. The lowest BCUT2D eigenvalue weighted by Gasteiger charge is -2.46. The first kappa shape index (κ1) is 24.8. The lowest BCUT2D eigenvalue weighted by molar-refractivity contribution is -0.192. The Bertz CT molecular complexity index is 928. The van der Waals surface area contributed by atoms with Crippen LogP contribution in [0.1, 0.15) is 47.5 Å². The molecular formula is C23H28F3N3O4. The van der Waals surface area contributed by atoms with Crippen LogP contribution < -0.4 is 0 Å². The fourth-order valence-corrected chi connectivity index (χ4v) is 4.37. The molecule has 4 rings (SSSR count). The number of carbonyl (C=O) groups is 2. The number of aryl methyl sites for hydroxylation is 1. The van der Waals surface area contributed by atoms with Crippen molar-refractivity contribution in [3.63, 3.8) is 0 Å². The maximum atomic E-state index is 12.7. The quantitative estimate of drug-likeness (QED) is 0.730. The third kappa shape index (κ3) is 6.56. The Morgan fingerprint density at radius 1 is 1.09 bits per heavy atom. The van der Waals surface area contributed by atoms with Gasteiger partial charge in [-0.2, -0.15) is 13.2 Å². The molecule has 180 valence electrons. The van der Waals surface area contributed by atoms with E-state index in [1.54, 1.807) is 12.3 Å². The molecule has 0 atom stereocenters. The molecule has 2 aromatic rings. The van der Waals surface area contributed by atoms with Gasteiger partial charge in [0.15, 0.2) is 0 Å². The van der Waals surface area contributed by atoms with Crippen molar-refractivity contribution in [3.05, 3.63) is 53.7 Å². The van der Waals surface area contributed by atoms with Gasteiger partial charge in [-0.1, -0.05) is 6.07 Å². The summed E-state index contributed by atoms with van der Waals surface area (Å²) in [6.45, 7) is 6.79. The number of aromatic nitrogens is 1. The number of alkyl halides is 3. The molecule has 7 nitrogen and oxygen atoms in total. The Balaban J connectivity index is 0.000000383. The summed E-state index contributed by atoms with van der Waals surface area (Å²) in [5, 5.41) is 7.12. The topological polar surface area (TPSA) is 86.9 Å². The predicted octanol–water partition coefficient (Wildman–Crippen LogP) is 4.13. The van der Waals surface area contributed by atoms with Gasteiger partial charge in [-0.05, 0) is 69.3 Å². The summed E-state index contributed by atoms with van der Waals surface area (Å²) in [4.78, 5) is 30.5. The van der Waals surface area contributed by atoms with E-state index < -0.39 is 12.1 Å². The molecule has 33 heavy (non-hydrogen) atoms. The van der Waals surface area contributed by atoms with Crippen molar-refractivity contribution in [2.75, 3.05) is 26.2 Å². The van der Waals surface area contributed by atoms with Crippen LogP contribution in [0.2, 0.25) is 0 Å². The van der Waals surface area contributed by atoms with Gasteiger partial charge in [0.1, 0.15) is 5.76 Å². The molecular weight excluding hydrogens is 439 g/mol. The molecule has 0 aromatic carbocycles. The van der Waals surface area contributed by atoms with Crippen LogP contribution in [0.15, 0.2) is 41.1 Å². The Morgan fingerprint density at radius 3 is 2.18 bits per heavy atom. The van der Waals surface area contributed by atoms with Crippen LogP contribution in [0, 0.1) is 12.3 Å². The van der Waals surface area contributed by atoms with Crippen LogP contribution in [-0.2, 0) is 11.3 Å². The Hall–Kier alpha value is -2.88. The predicted molar refractivity (Wildman–Crippen MR) is 113 cm³/mol. The molecule has 0 bridgehead atoms. The number of likely N-dealkylation sites (tertiary alicyclic amines) is 2. The number of hydrogen-bond donors (Lipinski definition) is 1. The third-order valence-electron chi connectivity index (χ3n) is 6.47. The monoisotopic (exact) mass is 467 g/mol. The smallest absolute Gasteiger partial charge is 0.475 e. The number of piperidine rings is 2. The zero-order valence-electron chi connectivity index (χ0n) is 18.5. The summed E-state index contributed by atoms with van der Waals surface area (Å²) in [5.74, 6) is -1.91. The number of hydrogen-bond acceptors (Lipinski definition) is 5. The highest BCUT2D eigenvalue weighted by atomic mass is 19.4. The van der Waals surface area contributed by atoms with Gasteiger partial charge in [0.05, 0.1) is 17.5 Å². The number of nitrogens with zero attached hydrogens (tertiary/aromatic N) is 3. The highest BCUT2D eigenvalue weighted by molar-refractivity contribution is 5.95. The highest BCUT2D eigenvalue weighted by Crippen LogP contribution is 2.41. The number of aliphatic carboxylic acids is 1. The van der Waals surface area contributed by atoms with E-state index in [1.165, 1.54) is 12.8 Å². The fraction of sp³-hybridized carbons (Fsp3) is 0.522. The minimum Gasteiger partial charge on any atom is -0.475 e. The molecule has 2 fully saturated rings. The Morgan fingerprint density at radius 2 is 1.70 bits per heavy atom. The first-order valence-corrected chi connectivity index (χ1v) is 10.9. The third-order valence-corrected chi connectivity index (χ3v) is 6.47. The van der Waals surface area contributed by atoms with E-state index in [4.69, 9.17) is 14.3 Å². The maximum absolute atomic E-state index is 12.7. The number of furan rings is 1. The molecule has 1 N–H and O–H groups in total. The highest BCUT2D eigenvalue weighted by Gasteiger charge is 2.39. The number of rotatable bonds is 3. The van der Waals surface area contributed by atoms with Crippen molar-refractivity contribution >= 4 is 11.9 Å². The van der Waals surface area contributed by atoms with E-state index in [9.17, 15) is 18.0 Å². The van der Waals surface area contributed by atoms with Crippen LogP contribution in [-0.4, -0.2) is 64.1 Å². The normalized spacial score (nSPS) is 18.5. The number of carboxylic acids is 1. The van der Waals surface area contributed by atoms with Crippen LogP contribution >= 0.6 is 0 Å². The van der Waals surface area contributed by atoms with E-state index in [1.807, 2.05) is 24.1 Å². The maximum Gasteiger partial charge on any atom is 0.490 e. The van der Waals surface area contributed by atoms with E-state index in [0.29, 0.717) is 11.0 Å². The average Bonchev–Trinajstić information content (AvgIpc) is 3.22. The fourth-order valence-electron chi connectivity index (χ4n) is 4.37. The summed E-state index contributed by atoms with van der Waals surface area (Å²) < 4.78 is 37.0. The van der Waals surface area contributed by atoms with Crippen LogP contribution in [0.4, 0.5) is 13.2 Å². The molecule has 1 amide bonds. The standard InChI is InChI=1S/C21H27N3O2.C2HF3O2/c1-17-19(5-15-26-17)20(25)24-13-8-21(9-14-24)6-11-23(12-7-21)16-18-4-2-3-10-22-18;3-2(4,5)1(6)7/h2-5,10,15H,6-9,11-14,16H2,1H3;(H,6,7). The van der Waals surface area contributed by atoms with E-state index in [0.717, 1.165) is 57.0 Å². The van der Waals surface area contributed by atoms with Gasteiger partial charge in [-0.15, -0.1) is 0 Å². The number of halogens is 3. The lowest BCUT2D eigenvalue weighted by Crippen LogP contribution is -2.48. The van der Waals surface area contributed by atoms with E-state index in [-0.39, 0.29) is 5.91 Å². The SMILES string of the molecule is Cc1occc1C(=O)N1CCC2(CCN(Cc3ccccn3)CC2)CC1.O=C(O)C(F)(F)F. The van der Waals surface area contributed by atoms with Gasteiger partial charge < -0.3 is 14.4 Å². The molecule has 4 heterocycles. The average molecular weight is 467 g/mol. The van der Waals surface area contributed by atoms with E-state index >= 15 is 0 Å². The summed E-state index contributed by atoms with van der Waals surface area (Å²) in [5.41, 5.74) is 2.29. The number of carbonyl (C=O) groups excluding carboxylic acids is 1. The lowest BCUT2D eigenvalue weighted by atomic mass is 9.71. The molecule has 1 spiro atoms. The van der Waals surface area contributed by atoms with Crippen molar-refractivity contribution in [2.45, 2.75) is 45.3 Å². The number of amides is 1. The summed E-state index contributed by atoms with van der Waals surface area (Å²) >= 11 is 0. The number of pyridine rings is 1. The second-order valence-electron chi connectivity index (χ2n) is 8.58. The Labute approximate surface area is 190 Å². The van der Waals surface area contributed by atoms with Gasteiger partial charge >= 0.3 is 12.1 Å². The zero-order chi connectivity index (χ0) is 24.1. The van der Waals surface area contributed by atoms with Crippen molar-refractivity contribution in [1.82, 2.24) is 14.8 Å². The molecule has 0 unspecified atom stereocenters. The van der Waals surface area contributed by atoms with Gasteiger partial charge in [0, 0.05) is 25.8 Å². The first-order chi connectivity index (χ1) is 15.6. The van der Waals surface area contributed by atoms with Crippen molar-refractivity contribution in [3.8, 4) is 0 Å². The van der Waals surface area contributed by atoms with E-state index in [2.05, 4.69) is 22.0 Å².